The third-order valence-electron chi connectivity index (χ3n) is 4.30. The Morgan fingerprint density at radius 3 is 3.04 bits per heavy atom. The average molecular weight is 348 g/mol. The molecule has 2 aromatic rings. The highest BCUT2D eigenvalue weighted by atomic mass is 32.1. The maximum Gasteiger partial charge on any atom is 0.267 e. The Bertz CT molecular complexity index is 700. The van der Waals surface area contributed by atoms with E-state index in [1.54, 1.807) is 6.20 Å². The number of nitrogens with zero attached hydrogens (tertiary/aromatic N) is 3. The molecule has 1 N–H and O–H groups in total. The SMILES string of the molecule is O=C(c1scc2c1OCCO2)N1CCCN(Cc2ncc[nH]2)CC1. The van der Waals surface area contributed by atoms with Crippen LogP contribution in [0.4, 0.5) is 0 Å². The maximum atomic E-state index is 12.9. The zero-order valence-electron chi connectivity index (χ0n) is 13.4. The number of fused-ring (bicyclic) bond motifs is 1. The van der Waals surface area contributed by atoms with Crippen LogP contribution in [0.3, 0.4) is 0 Å². The van der Waals surface area contributed by atoms with Gasteiger partial charge in [-0.1, -0.05) is 0 Å². The highest BCUT2D eigenvalue weighted by molar-refractivity contribution is 7.12. The number of hydrogen-bond acceptors (Lipinski definition) is 6. The lowest BCUT2D eigenvalue weighted by atomic mass is 10.3. The van der Waals surface area contributed by atoms with E-state index >= 15 is 0 Å². The Labute approximate surface area is 144 Å². The summed E-state index contributed by atoms with van der Waals surface area (Å²) in [4.78, 5) is 25.2. The zero-order chi connectivity index (χ0) is 16.4. The van der Waals surface area contributed by atoms with Gasteiger partial charge in [-0.3, -0.25) is 9.69 Å². The predicted molar refractivity (Wildman–Crippen MR) is 89.7 cm³/mol. The number of amides is 1. The minimum atomic E-state index is 0.0478. The van der Waals surface area contributed by atoms with Crippen molar-refractivity contribution in [2.75, 3.05) is 39.4 Å². The van der Waals surface area contributed by atoms with Crippen molar-refractivity contribution in [3.63, 3.8) is 0 Å². The molecule has 8 heteroatoms. The summed E-state index contributed by atoms with van der Waals surface area (Å²) < 4.78 is 11.2. The largest absolute Gasteiger partial charge is 0.485 e. The van der Waals surface area contributed by atoms with Gasteiger partial charge in [-0.25, -0.2) is 4.98 Å². The molecule has 0 aromatic carbocycles. The number of nitrogens with one attached hydrogen (secondary N) is 1. The number of rotatable bonds is 3. The first kappa shape index (κ1) is 15.5. The van der Waals surface area contributed by atoms with Crippen LogP contribution in [0.1, 0.15) is 21.9 Å². The molecular weight excluding hydrogens is 328 g/mol. The summed E-state index contributed by atoms with van der Waals surface area (Å²) in [5.74, 6) is 2.33. The number of thiophene rings is 1. The number of aromatic amines is 1. The number of carbonyl (C=O) groups excluding carboxylic acids is 1. The summed E-state index contributed by atoms with van der Waals surface area (Å²) in [6.45, 7) is 5.13. The molecule has 0 atom stereocenters. The lowest BCUT2D eigenvalue weighted by Gasteiger charge is -2.22. The Morgan fingerprint density at radius 2 is 2.17 bits per heavy atom. The van der Waals surface area contributed by atoms with Crippen LogP contribution in [0.25, 0.3) is 0 Å². The lowest BCUT2D eigenvalue weighted by Crippen LogP contribution is -2.35. The number of H-pyrrole nitrogens is 1. The molecular formula is C16H20N4O3S. The van der Waals surface area contributed by atoms with Crippen LogP contribution in [0.15, 0.2) is 17.8 Å². The molecule has 1 fully saturated rings. The van der Waals surface area contributed by atoms with Gasteiger partial charge in [-0.05, 0) is 6.42 Å². The van der Waals surface area contributed by atoms with E-state index in [2.05, 4.69) is 14.9 Å². The van der Waals surface area contributed by atoms with E-state index in [0.29, 0.717) is 36.1 Å². The van der Waals surface area contributed by atoms with E-state index in [4.69, 9.17) is 9.47 Å². The molecule has 1 saturated heterocycles. The number of aromatic nitrogens is 2. The van der Waals surface area contributed by atoms with Gasteiger partial charge in [0.15, 0.2) is 11.5 Å². The van der Waals surface area contributed by atoms with Gasteiger partial charge >= 0.3 is 0 Å². The van der Waals surface area contributed by atoms with Crippen molar-refractivity contribution in [3.05, 3.63) is 28.5 Å². The fourth-order valence-electron chi connectivity index (χ4n) is 3.08. The molecule has 2 aliphatic heterocycles. The molecule has 0 saturated carbocycles. The average Bonchev–Trinajstić information content (AvgIpc) is 3.20. The van der Waals surface area contributed by atoms with Crippen LogP contribution in [0.2, 0.25) is 0 Å². The summed E-state index contributed by atoms with van der Waals surface area (Å²) in [5, 5.41) is 1.86. The number of imidazole rings is 1. The van der Waals surface area contributed by atoms with Crippen LogP contribution >= 0.6 is 11.3 Å². The highest BCUT2D eigenvalue weighted by Gasteiger charge is 2.28. The number of carbonyl (C=O) groups is 1. The van der Waals surface area contributed by atoms with Crippen LogP contribution in [0, 0.1) is 0 Å². The topological polar surface area (TPSA) is 70.7 Å². The second-order valence-electron chi connectivity index (χ2n) is 5.91. The third kappa shape index (κ3) is 3.11. The molecule has 4 heterocycles. The van der Waals surface area contributed by atoms with Gasteiger partial charge in [0, 0.05) is 44.0 Å². The van der Waals surface area contributed by atoms with Gasteiger partial charge in [0.25, 0.3) is 5.91 Å². The summed E-state index contributed by atoms with van der Waals surface area (Å²) in [5.41, 5.74) is 0. The van der Waals surface area contributed by atoms with Gasteiger partial charge in [-0.15, -0.1) is 11.3 Å². The van der Waals surface area contributed by atoms with Gasteiger partial charge in [-0.2, -0.15) is 0 Å². The minimum Gasteiger partial charge on any atom is -0.485 e. The van der Waals surface area contributed by atoms with Crippen LogP contribution in [-0.4, -0.2) is 65.1 Å². The monoisotopic (exact) mass is 348 g/mol. The third-order valence-corrected chi connectivity index (χ3v) is 5.23. The molecule has 1 amide bonds. The second-order valence-corrected chi connectivity index (χ2v) is 6.79. The van der Waals surface area contributed by atoms with E-state index < -0.39 is 0 Å². The summed E-state index contributed by atoms with van der Waals surface area (Å²) in [6, 6.07) is 0. The van der Waals surface area contributed by atoms with E-state index in [0.717, 1.165) is 38.4 Å². The van der Waals surface area contributed by atoms with Gasteiger partial charge in [0.05, 0.1) is 6.54 Å². The van der Waals surface area contributed by atoms with E-state index in [9.17, 15) is 4.79 Å². The van der Waals surface area contributed by atoms with Crippen molar-refractivity contribution in [2.45, 2.75) is 13.0 Å². The van der Waals surface area contributed by atoms with Gasteiger partial charge in [0.2, 0.25) is 0 Å². The second kappa shape index (κ2) is 6.82. The summed E-state index contributed by atoms with van der Waals surface area (Å²) in [7, 11) is 0. The Kier molecular flexibility index (Phi) is 4.40. The normalized spacial score (nSPS) is 18.4. The first-order valence-corrected chi connectivity index (χ1v) is 9.06. The van der Waals surface area contributed by atoms with Crippen molar-refractivity contribution in [1.29, 1.82) is 0 Å². The van der Waals surface area contributed by atoms with Crippen molar-refractivity contribution >= 4 is 17.2 Å². The smallest absolute Gasteiger partial charge is 0.267 e. The Morgan fingerprint density at radius 1 is 1.25 bits per heavy atom. The van der Waals surface area contributed by atoms with Crippen LogP contribution in [-0.2, 0) is 6.54 Å². The zero-order valence-corrected chi connectivity index (χ0v) is 14.2. The summed E-state index contributed by atoms with van der Waals surface area (Å²) >= 11 is 1.41. The molecule has 0 radical (unpaired) electrons. The molecule has 0 bridgehead atoms. The first-order valence-electron chi connectivity index (χ1n) is 8.18. The van der Waals surface area contributed by atoms with Crippen molar-refractivity contribution in [1.82, 2.24) is 19.8 Å². The Balaban J connectivity index is 1.41. The molecule has 0 spiro atoms. The van der Waals surface area contributed by atoms with E-state index in [1.807, 2.05) is 16.5 Å². The molecule has 7 nitrogen and oxygen atoms in total. The van der Waals surface area contributed by atoms with Gasteiger partial charge in [0.1, 0.15) is 23.9 Å². The summed E-state index contributed by atoms with van der Waals surface area (Å²) in [6.07, 6.45) is 4.56. The van der Waals surface area contributed by atoms with Crippen LogP contribution in [0.5, 0.6) is 11.5 Å². The number of hydrogen-bond donors (Lipinski definition) is 1. The lowest BCUT2D eigenvalue weighted by molar-refractivity contribution is 0.0757. The molecule has 0 aliphatic carbocycles. The molecule has 2 aliphatic rings. The molecule has 128 valence electrons. The van der Waals surface area contributed by atoms with E-state index in [1.165, 1.54) is 11.3 Å². The highest BCUT2D eigenvalue weighted by Crippen LogP contribution is 2.39. The van der Waals surface area contributed by atoms with E-state index in [-0.39, 0.29) is 5.91 Å². The quantitative estimate of drug-likeness (QED) is 0.912. The first-order chi connectivity index (χ1) is 11.8. The predicted octanol–water partition coefficient (Wildman–Crippen LogP) is 1.59. The molecule has 24 heavy (non-hydrogen) atoms. The standard InChI is InChI=1S/C16H20N4O3S/c21-16(15-14-12(11-24-15)22-8-9-23-14)20-5-1-4-19(6-7-20)10-13-17-2-3-18-13/h2-3,11H,1,4-10H2,(H,17,18). The van der Waals surface area contributed by atoms with Crippen molar-refractivity contribution in [2.24, 2.45) is 0 Å². The van der Waals surface area contributed by atoms with Crippen molar-refractivity contribution in [3.8, 4) is 11.5 Å². The molecule has 0 unspecified atom stereocenters. The fraction of sp³-hybridized carbons (Fsp3) is 0.500. The molecule has 2 aromatic heterocycles. The van der Waals surface area contributed by atoms with Crippen molar-refractivity contribution < 1.29 is 14.3 Å². The Hall–Kier alpha value is -2.06. The number of ether oxygens (including phenoxy) is 2. The fourth-order valence-corrected chi connectivity index (χ4v) is 3.98. The van der Waals surface area contributed by atoms with Crippen LogP contribution < -0.4 is 9.47 Å². The maximum absolute atomic E-state index is 12.9. The molecule has 4 rings (SSSR count). The minimum absolute atomic E-state index is 0.0478. The van der Waals surface area contributed by atoms with Gasteiger partial charge < -0.3 is 19.4 Å².